The molecule has 1 aromatic heterocycles. The molecule has 92 valence electrons. The third kappa shape index (κ3) is 2.16. The van der Waals surface area contributed by atoms with Crippen molar-refractivity contribution in [2.24, 2.45) is 5.73 Å². The van der Waals surface area contributed by atoms with E-state index in [4.69, 9.17) is 10.8 Å². The molecule has 2 aromatic rings. The molecule has 0 saturated carbocycles. The smallest absolute Gasteiger partial charge is 0.126 e. The first-order valence-electron chi connectivity index (χ1n) is 5.69. The van der Waals surface area contributed by atoms with Gasteiger partial charge < -0.3 is 15.4 Å². The van der Waals surface area contributed by atoms with E-state index < -0.39 is 0 Å². The molecule has 17 heavy (non-hydrogen) atoms. The van der Waals surface area contributed by atoms with Crippen molar-refractivity contribution in [2.45, 2.75) is 25.9 Å². The topological polar surface area (TPSA) is 64.1 Å². The molecule has 3 N–H and O–H groups in total. The highest BCUT2D eigenvalue weighted by Gasteiger charge is 2.15. The lowest BCUT2D eigenvalue weighted by molar-refractivity contribution is 0.275. The number of benzene rings is 1. The van der Waals surface area contributed by atoms with Crippen molar-refractivity contribution in [3.05, 3.63) is 29.8 Å². The molecule has 0 aliphatic carbocycles. The Hall–Kier alpha value is -1.46. The highest BCUT2D eigenvalue weighted by molar-refractivity contribution is 5.76. The number of aromatic nitrogens is 2. The number of nitrogens with two attached hydrogens (primary N) is 1. The molecule has 0 radical (unpaired) electrons. The summed E-state index contributed by atoms with van der Waals surface area (Å²) >= 11 is 0. The predicted molar refractivity (Wildman–Crippen MR) is 64.0 cm³/mol. The second-order valence-corrected chi connectivity index (χ2v) is 3.99. The number of hydrogen-bond donors (Lipinski definition) is 2. The molecule has 2 rings (SSSR count). The standard InChI is InChI=1S/C12H16FN3O/c1-2-9(14)12-15-10-7-8(13)3-4-11(10)16(12)5-6-17/h3-4,7,9,17H,2,5-6,14H2,1H3. The average molecular weight is 237 g/mol. The van der Waals surface area contributed by atoms with Crippen molar-refractivity contribution in [1.82, 2.24) is 9.55 Å². The molecule has 1 unspecified atom stereocenters. The third-order valence-electron chi connectivity index (χ3n) is 2.83. The molecular formula is C12H16FN3O. The van der Waals surface area contributed by atoms with E-state index in [0.29, 0.717) is 17.9 Å². The number of hydrogen-bond acceptors (Lipinski definition) is 3. The Morgan fingerprint density at radius 3 is 2.94 bits per heavy atom. The number of halogens is 1. The maximum atomic E-state index is 13.1. The maximum absolute atomic E-state index is 13.1. The minimum Gasteiger partial charge on any atom is -0.395 e. The maximum Gasteiger partial charge on any atom is 0.126 e. The van der Waals surface area contributed by atoms with Crippen LogP contribution in [0.1, 0.15) is 25.2 Å². The Kier molecular flexibility index (Phi) is 3.40. The first kappa shape index (κ1) is 12.0. The Balaban J connectivity index is 2.61. The number of nitrogens with zero attached hydrogens (tertiary/aromatic N) is 2. The second-order valence-electron chi connectivity index (χ2n) is 3.99. The Bertz CT molecular complexity index is 524. The van der Waals surface area contributed by atoms with E-state index in [2.05, 4.69) is 4.98 Å². The van der Waals surface area contributed by atoms with Gasteiger partial charge in [-0.15, -0.1) is 0 Å². The number of aliphatic hydroxyl groups is 1. The van der Waals surface area contributed by atoms with E-state index in [1.54, 1.807) is 6.07 Å². The average Bonchev–Trinajstić information content (AvgIpc) is 2.67. The van der Waals surface area contributed by atoms with Crippen LogP contribution in [0.2, 0.25) is 0 Å². The molecule has 0 aliphatic rings. The van der Waals surface area contributed by atoms with Gasteiger partial charge in [-0.2, -0.15) is 0 Å². The van der Waals surface area contributed by atoms with Gasteiger partial charge in [-0.05, 0) is 18.6 Å². The largest absolute Gasteiger partial charge is 0.395 e. The van der Waals surface area contributed by atoms with E-state index in [-0.39, 0.29) is 18.5 Å². The lowest BCUT2D eigenvalue weighted by Gasteiger charge is -2.11. The van der Waals surface area contributed by atoms with E-state index in [0.717, 1.165) is 11.9 Å². The fourth-order valence-corrected chi connectivity index (χ4v) is 1.92. The van der Waals surface area contributed by atoms with Gasteiger partial charge in [0.25, 0.3) is 0 Å². The first-order valence-corrected chi connectivity index (χ1v) is 5.69. The molecule has 0 bridgehead atoms. The number of imidazole rings is 1. The normalized spacial score (nSPS) is 13.2. The molecule has 1 atom stereocenters. The number of fused-ring (bicyclic) bond motifs is 1. The van der Waals surface area contributed by atoms with E-state index >= 15 is 0 Å². The predicted octanol–water partition coefficient (Wildman–Crippen LogP) is 1.58. The van der Waals surface area contributed by atoms with Gasteiger partial charge in [-0.25, -0.2) is 9.37 Å². The third-order valence-corrected chi connectivity index (χ3v) is 2.83. The molecule has 1 heterocycles. The molecule has 4 nitrogen and oxygen atoms in total. The fourth-order valence-electron chi connectivity index (χ4n) is 1.92. The van der Waals surface area contributed by atoms with Crippen molar-refractivity contribution in [1.29, 1.82) is 0 Å². The van der Waals surface area contributed by atoms with Gasteiger partial charge in [-0.3, -0.25) is 0 Å². The Labute approximate surface area is 98.9 Å². The molecule has 0 aliphatic heterocycles. The molecule has 1 aromatic carbocycles. The van der Waals surface area contributed by atoms with E-state index in [1.807, 2.05) is 11.5 Å². The zero-order valence-electron chi connectivity index (χ0n) is 9.73. The summed E-state index contributed by atoms with van der Waals surface area (Å²) in [5.41, 5.74) is 7.35. The van der Waals surface area contributed by atoms with Gasteiger partial charge in [-0.1, -0.05) is 6.92 Å². The Morgan fingerprint density at radius 1 is 1.53 bits per heavy atom. The second kappa shape index (κ2) is 4.81. The van der Waals surface area contributed by atoms with Crippen LogP contribution >= 0.6 is 0 Å². The summed E-state index contributed by atoms with van der Waals surface area (Å²) in [6.07, 6.45) is 0.747. The highest BCUT2D eigenvalue weighted by atomic mass is 19.1. The van der Waals surface area contributed by atoms with Crippen molar-refractivity contribution in [2.75, 3.05) is 6.61 Å². The van der Waals surface area contributed by atoms with Crippen LogP contribution in [-0.2, 0) is 6.54 Å². The highest BCUT2D eigenvalue weighted by Crippen LogP contribution is 2.22. The molecule has 0 saturated heterocycles. The van der Waals surface area contributed by atoms with Crippen molar-refractivity contribution in [3.8, 4) is 0 Å². The minimum atomic E-state index is -0.317. The summed E-state index contributed by atoms with van der Waals surface area (Å²) < 4.78 is 15.0. The van der Waals surface area contributed by atoms with Gasteiger partial charge in [0.05, 0.1) is 23.7 Å². The van der Waals surface area contributed by atoms with Crippen LogP contribution in [0.5, 0.6) is 0 Å². The van der Waals surface area contributed by atoms with Gasteiger partial charge in [0.1, 0.15) is 11.6 Å². The lowest BCUT2D eigenvalue weighted by atomic mass is 10.2. The van der Waals surface area contributed by atoms with Crippen molar-refractivity contribution >= 4 is 11.0 Å². The van der Waals surface area contributed by atoms with E-state index in [9.17, 15) is 4.39 Å². The van der Waals surface area contributed by atoms with Crippen LogP contribution < -0.4 is 5.73 Å². The first-order chi connectivity index (χ1) is 8.17. The van der Waals surface area contributed by atoms with Crippen molar-refractivity contribution < 1.29 is 9.50 Å². The summed E-state index contributed by atoms with van der Waals surface area (Å²) in [6, 6.07) is 4.24. The van der Waals surface area contributed by atoms with Crippen LogP contribution in [0.15, 0.2) is 18.2 Å². The zero-order valence-corrected chi connectivity index (χ0v) is 9.73. The zero-order chi connectivity index (χ0) is 12.4. The van der Waals surface area contributed by atoms with Gasteiger partial charge in [0.2, 0.25) is 0 Å². The quantitative estimate of drug-likeness (QED) is 0.848. The molecule has 0 fully saturated rings. The van der Waals surface area contributed by atoms with Gasteiger partial charge >= 0.3 is 0 Å². The monoisotopic (exact) mass is 237 g/mol. The van der Waals surface area contributed by atoms with Crippen LogP contribution in [-0.4, -0.2) is 21.3 Å². The van der Waals surface area contributed by atoms with Gasteiger partial charge in [0, 0.05) is 12.6 Å². The van der Waals surface area contributed by atoms with Gasteiger partial charge in [0.15, 0.2) is 0 Å². The van der Waals surface area contributed by atoms with Crippen molar-refractivity contribution in [3.63, 3.8) is 0 Å². The SMILES string of the molecule is CCC(N)c1nc2cc(F)ccc2n1CCO. The summed E-state index contributed by atoms with van der Waals surface area (Å²) in [4.78, 5) is 4.35. The molecule has 0 spiro atoms. The Morgan fingerprint density at radius 2 is 2.29 bits per heavy atom. The number of rotatable bonds is 4. The van der Waals surface area contributed by atoms with Crippen LogP contribution in [0.3, 0.4) is 0 Å². The minimum absolute atomic E-state index is 0.00622. The molecule has 0 amide bonds. The summed E-state index contributed by atoms with van der Waals surface area (Å²) in [5, 5.41) is 9.07. The molecular weight excluding hydrogens is 221 g/mol. The lowest BCUT2D eigenvalue weighted by Crippen LogP contribution is -2.17. The van der Waals surface area contributed by atoms with E-state index in [1.165, 1.54) is 12.1 Å². The van der Waals surface area contributed by atoms with Crippen LogP contribution in [0, 0.1) is 5.82 Å². The summed E-state index contributed by atoms with van der Waals surface area (Å²) in [7, 11) is 0. The van der Waals surface area contributed by atoms with Crippen LogP contribution in [0.25, 0.3) is 11.0 Å². The number of aliphatic hydroxyl groups excluding tert-OH is 1. The molecule has 5 heteroatoms. The van der Waals surface area contributed by atoms with Crippen LogP contribution in [0.4, 0.5) is 4.39 Å². The summed E-state index contributed by atoms with van der Waals surface area (Å²) in [5.74, 6) is 0.380. The fraction of sp³-hybridized carbons (Fsp3) is 0.417. The summed E-state index contributed by atoms with van der Waals surface area (Å²) in [6.45, 7) is 2.39.